The van der Waals surface area contributed by atoms with E-state index in [1.54, 1.807) is 0 Å². The first kappa shape index (κ1) is 11.1. The van der Waals surface area contributed by atoms with E-state index in [0.29, 0.717) is 5.82 Å². The van der Waals surface area contributed by atoms with Gasteiger partial charge in [0, 0.05) is 5.39 Å². The fraction of sp³-hybridized carbons (Fsp3) is 0. The molecule has 1 aromatic carbocycles. The Kier molecular flexibility index (Phi) is 2.57. The van der Waals surface area contributed by atoms with Gasteiger partial charge in [-0.3, -0.25) is 0 Å². The number of anilines is 4. The molecule has 0 aliphatic carbocycles. The number of nitrogens with one attached hydrogen (secondary N) is 1. The topological polar surface area (TPSA) is 116 Å². The Morgan fingerprint density at radius 1 is 0.789 bits per heavy atom. The zero-order valence-electron chi connectivity index (χ0n) is 9.91. The number of pyridine rings is 1. The summed E-state index contributed by atoms with van der Waals surface area (Å²) >= 11 is 0. The summed E-state index contributed by atoms with van der Waals surface area (Å²) in [5.74, 6) is 1.02. The molecule has 5 N–H and O–H groups in total. The predicted octanol–water partition coefficient (Wildman–Crippen LogP) is 1.33. The molecule has 3 rings (SSSR count). The van der Waals surface area contributed by atoms with Crippen molar-refractivity contribution in [2.24, 2.45) is 0 Å². The lowest BCUT2D eigenvalue weighted by molar-refractivity contribution is 1.08. The summed E-state index contributed by atoms with van der Waals surface area (Å²) in [6, 6.07) is 11.6. The van der Waals surface area contributed by atoms with E-state index in [1.165, 1.54) is 0 Å². The van der Waals surface area contributed by atoms with Crippen molar-refractivity contribution in [3.63, 3.8) is 0 Å². The SMILES string of the molecule is Nc1nc(N)nc(Nc2ccc3ccccc3n2)n1. The van der Waals surface area contributed by atoms with E-state index in [1.807, 2.05) is 36.4 Å². The van der Waals surface area contributed by atoms with Gasteiger partial charge in [-0.05, 0) is 18.2 Å². The molecule has 7 nitrogen and oxygen atoms in total. The quantitative estimate of drug-likeness (QED) is 0.630. The van der Waals surface area contributed by atoms with Crippen molar-refractivity contribution < 1.29 is 0 Å². The van der Waals surface area contributed by atoms with E-state index in [2.05, 4.69) is 25.3 Å². The van der Waals surface area contributed by atoms with Crippen LogP contribution in [0.2, 0.25) is 0 Å². The van der Waals surface area contributed by atoms with Crippen LogP contribution in [-0.4, -0.2) is 19.9 Å². The van der Waals surface area contributed by atoms with Gasteiger partial charge in [-0.1, -0.05) is 18.2 Å². The maximum absolute atomic E-state index is 5.50. The number of benzene rings is 1. The molecule has 0 aliphatic heterocycles. The lowest BCUT2D eigenvalue weighted by Crippen LogP contribution is -2.07. The highest BCUT2D eigenvalue weighted by molar-refractivity contribution is 5.80. The minimum atomic E-state index is 0.0655. The normalized spacial score (nSPS) is 10.5. The zero-order chi connectivity index (χ0) is 13.2. The Hall–Kier alpha value is -2.96. The van der Waals surface area contributed by atoms with Gasteiger partial charge in [0.2, 0.25) is 17.8 Å². The van der Waals surface area contributed by atoms with Crippen molar-refractivity contribution >= 4 is 34.6 Å². The Morgan fingerprint density at radius 3 is 2.32 bits per heavy atom. The van der Waals surface area contributed by atoms with E-state index in [0.717, 1.165) is 10.9 Å². The van der Waals surface area contributed by atoms with Crippen LogP contribution >= 0.6 is 0 Å². The standard InChI is InChI=1S/C12H11N7/c13-10-17-11(14)19-12(18-10)16-9-6-5-7-3-1-2-4-8(7)15-9/h1-6H,(H5,13,14,15,16,17,18,19). The molecule has 7 heteroatoms. The second-order valence-corrected chi connectivity index (χ2v) is 3.89. The van der Waals surface area contributed by atoms with Gasteiger partial charge in [-0.2, -0.15) is 15.0 Å². The molecule has 0 saturated heterocycles. The monoisotopic (exact) mass is 253 g/mol. The lowest BCUT2D eigenvalue weighted by atomic mass is 10.2. The molecular formula is C12H11N7. The van der Waals surface area contributed by atoms with Crippen molar-refractivity contribution in [3.05, 3.63) is 36.4 Å². The van der Waals surface area contributed by atoms with E-state index < -0.39 is 0 Å². The molecule has 0 atom stereocenters. The molecule has 2 aromatic heterocycles. The Labute approximate surface area is 108 Å². The van der Waals surface area contributed by atoms with Gasteiger partial charge in [0.1, 0.15) is 5.82 Å². The van der Waals surface area contributed by atoms with Crippen molar-refractivity contribution in [1.29, 1.82) is 0 Å². The lowest BCUT2D eigenvalue weighted by Gasteiger charge is -2.05. The smallest absolute Gasteiger partial charge is 0.234 e. The number of para-hydroxylation sites is 1. The highest BCUT2D eigenvalue weighted by Crippen LogP contribution is 2.17. The third-order valence-corrected chi connectivity index (χ3v) is 2.51. The van der Waals surface area contributed by atoms with Gasteiger partial charge < -0.3 is 16.8 Å². The second-order valence-electron chi connectivity index (χ2n) is 3.89. The summed E-state index contributed by atoms with van der Waals surface area (Å²) in [5.41, 5.74) is 11.9. The highest BCUT2D eigenvalue weighted by Gasteiger charge is 2.03. The minimum Gasteiger partial charge on any atom is -0.368 e. The summed E-state index contributed by atoms with van der Waals surface area (Å²) in [6.07, 6.45) is 0. The van der Waals surface area contributed by atoms with Gasteiger partial charge in [-0.15, -0.1) is 0 Å². The predicted molar refractivity (Wildman–Crippen MR) is 73.7 cm³/mol. The number of hydrogen-bond acceptors (Lipinski definition) is 7. The average molecular weight is 253 g/mol. The third-order valence-electron chi connectivity index (χ3n) is 2.51. The van der Waals surface area contributed by atoms with E-state index in [9.17, 15) is 0 Å². The molecule has 0 spiro atoms. The van der Waals surface area contributed by atoms with Gasteiger partial charge in [0.25, 0.3) is 0 Å². The van der Waals surface area contributed by atoms with Gasteiger partial charge >= 0.3 is 0 Å². The molecule has 0 fully saturated rings. The molecule has 0 bridgehead atoms. The molecule has 3 aromatic rings. The summed E-state index contributed by atoms with van der Waals surface area (Å²) in [7, 11) is 0. The van der Waals surface area contributed by atoms with Crippen LogP contribution in [-0.2, 0) is 0 Å². The van der Waals surface area contributed by atoms with Crippen molar-refractivity contribution in [2.75, 3.05) is 16.8 Å². The number of nitrogens with zero attached hydrogens (tertiary/aromatic N) is 4. The van der Waals surface area contributed by atoms with E-state index in [4.69, 9.17) is 11.5 Å². The summed E-state index contributed by atoms with van der Waals surface area (Å²) in [5, 5.41) is 4.00. The number of aromatic nitrogens is 4. The Morgan fingerprint density at radius 2 is 1.53 bits per heavy atom. The second kappa shape index (κ2) is 4.37. The van der Waals surface area contributed by atoms with Crippen LogP contribution < -0.4 is 16.8 Å². The number of rotatable bonds is 2. The molecular weight excluding hydrogens is 242 g/mol. The van der Waals surface area contributed by atoms with Crippen LogP contribution in [0.5, 0.6) is 0 Å². The van der Waals surface area contributed by atoms with Crippen LogP contribution in [0.4, 0.5) is 23.7 Å². The molecule has 0 amide bonds. The fourth-order valence-corrected chi connectivity index (χ4v) is 1.72. The van der Waals surface area contributed by atoms with Gasteiger partial charge in [0.15, 0.2) is 0 Å². The van der Waals surface area contributed by atoms with Crippen LogP contribution in [0.3, 0.4) is 0 Å². The van der Waals surface area contributed by atoms with Crippen LogP contribution in [0.15, 0.2) is 36.4 Å². The summed E-state index contributed by atoms with van der Waals surface area (Å²) in [6.45, 7) is 0. The summed E-state index contributed by atoms with van der Waals surface area (Å²) in [4.78, 5) is 16.0. The number of fused-ring (bicyclic) bond motifs is 1. The summed E-state index contributed by atoms with van der Waals surface area (Å²) < 4.78 is 0. The van der Waals surface area contributed by atoms with Crippen LogP contribution in [0.25, 0.3) is 10.9 Å². The molecule has 2 heterocycles. The first-order valence-electron chi connectivity index (χ1n) is 5.60. The fourth-order valence-electron chi connectivity index (χ4n) is 1.72. The highest BCUT2D eigenvalue weighted by atomic mass is 15.2. The van der Waals surface area contributed by atoms with Crippen molar-refractivity contribution in [3.8, 4) is 0 Å². The van der Waals surface area contributed by atoms with Crippen molar-refractivity contribution in [1.82, 2.24) is 19.9 Å². The first-order chi connectivity index (χ1) is 9.20. The number of nitrogens with two attached hydrogens (primary N) is 2. The van der Waals surface area contributed by atoms with Gasteiger partial charge in [-0.25, -0.2) is 4.98 Å². The molecule has 19 heavy (non-hydrogen) atoms. The third kappa shape index (κ3) is 2.34. The van der Waals surface area contributed by atoms with Crippen LogP contribution in [0.1, 0.15) is 0 Å². The Bertz CT molecular complexity index is 721. The first-order valence-corrected chi connectivity index (χ1v) is 5.60. The largest absolute Gasteiger partial charge is 0.368 e. The molecule has 0 saturated carbocycles. The van der Waals surface area contributed by atoms with Crippen molar-refractivity contribution in [2.45, 2.75) is 0 Å². The Balaban J connectivity index is 1.96. The zero-order valence-corrected chi connectivity index (χ0v) is 9.91. The van der Waals surface area contributed by atoms with Crippen LogP contribution in [0, 0.1) is 0 Å². The maximum Gasteiger partial charge on any atom is 0.234 e. The van der Waals surface area contributed by atoms with Gasteiger partial charge in [0.05, 0.1) is 5.52 Å². The average Bonchev–Trinajstić information content (AvgIpc) is 2.37. The molecule has 0 radical (unpaired) electrons. The number of hydrogen-bond donors (Lipinski definition) is 3. The van der Waals surface area contributed by atoms with E-state index >= 15 is 0 Å². The number of nitrogen functional groups attached to an aromatic ring is 2. The maximum atomic E-state index is 5.50. The minimum absolute atomic E-state index is 0.0655. The molecule has 0 unspecified atom stereocenters. The van der Waals surface area contributed by atoms with E-state index in [-0.39, 0.29) is 17.8 Å². The molecule has 0 aliphatic rings. The molecule has 94 valence electrons.